The van der Waals surface area contributed by atoms with Crippen molar-refractivity contribution in [2.75, 3.05) is 13.7 Å². The molecule has 0 saturated carbocycles. The topological polar surface area (TPSA) is 47.0 Å². The van der Waals surface area contributed by atoms with Crippen LogP contribution in [0.5, 0.6) is 0 Å². The SMILES string of the molecule is CCNC(CC)c1nnc(C(C)(CC)OC)s1. The van der Waals surface area contributed by atoms with Gasteiger partial charge < -0.3 is 10.1 Å². The van der Waals surface area contributed by atoms with Crippen LogP contribution in [0.1, 0.15) is 56.6 Å². The Bertz CT molecular complexity index is 336. The summed E-state index contributed by atoms with van der Waals surface area (Å²) in [6, 6.07) is 0.309. The molecule has 0 fully saturated rings. The van der Waals surface area contributed by atoms with E-state index in [0.717, 1.165) is 29.4 Å². The maximum absolute atomic E-state index is 5.55. The molecule has 5 heteroatoms. The lowest BCUT2D eigenvalue weighted by molar-refractivity contribution is -0.00208. The molecule has 1 rings (SSSR count). The van der Waals surface area contributed by atoms with Crippen molar-refractivity contribution in [2.24, 2.45) is 0 Å². The predicted octanol–water partition coefficient (Wildman–Crippen LogP) is 2.87. The van der Waals surface area contributed by atoms with Crippen LogP contribution in [0.25, 0.3) is 0 Å². The Morgan fingerprint density at radius 3 is 2.53 bits per heavy atom. The smallest absolute Gasteiger partial charge is 0.149 e. The zero-order chi connectivity index (χ0) is 12.9. The molecule has 4 nitrogen and oxygen atoms in total. The Balaban J connectivity index is 2.90. The van der Waals surface area contributed by atoms with Gasteiger partial charge in [-0.1, -0.05) is 32.1 Å². The number of methoxy groups -OCH3 is 1. The summed E-state index contributed by atoms with van der Waals surface area (Å²) in [5, 5.41) is 14.0. The van der Waals surface area contributed by atoms with Crippen LogP contribution in [0.3, 0.4) is 0 Å². The molecule has 1 N–H and O–H groups in total. The van der Waals surface area contributed by atoms with E-state index in [2.05, 4.69) is 43.2 Å². The number of hydrogen-bond acceptors (Lipinski definition) is 5. The molecule has 98 valence electrons. The van der Waals surface area contributed by atoms with Crippen molar-refractivity contribution in [1.29, 1.82) is 0 Å². The van der Waals surface area contributed by atoms with Crippen LogP contribution in [0.2, 0.25) is 0 Å². The number of nitrogens with zero attached hydrogens (tertiary/aromatic N) is 2. The average molecular weight is 257 g/mol. The van der Waals surface area contributed by atoms with E-state index in [-0.39, 0.29) is 5.60 Å². The molecule has 0 aliphatic heterocycles. The molecule has 0 amide bonds. The molecular formula is C12H23N3OS. The van der Waals surface area contributed by atoms with Gasteiger partial charge in [-0.25, -0.2) is 0 Å². The first-order valence-corrected chi connectivity index (χ1v) is 7.05. The number of ether oxygens (including phenoxy) is 1. The minimum absolute atomic E-state index is 0.305. The van der Waals surface area contributed by atoms with Crippen LogP contribution >= 0.6 is 11.3 Å². The predicted molar refractivity (Wildman–Crippen MR) is 71.3 cm³/mol. The zero-order valence-electron chi connectivity index (χ0n) is 11.4. The third kappa shape index (κ3) is 3.24. The van der Waals surface area contributed by atoms with Crippen LogP contribution in [-0.4, -0.2) is 23.9 Å². The van der Waals surface area contributed by atoms with Crippen molar-refractivity contribution < 1.29 is 4.74 Å². The molecule has 0 spiro atoms. The van der Waals surface area contributed by atoms with Gasteiger partial charge in [0.25, 0.3) is 0 Å². The van der Waals surface area contributed by atoms with Gasteiger partial charge >= 0.3 is 0 Å². The van der Waals surface area contributed by atoms with Gasteiger partial charge in [0.2, 0.25) is 0 Å². The molecular weight excluding hydrogens is 234 g/mol. The Morgan fingerprint density at radius 1 is 1.35 bits per heavy atom. The van der Waals surface area contributed by atoms with E-state index in [1.54, 1.807) is 18.4 Å². The summed E-state index contributed by atoms with van der Waals surface area (Å²) in [5.74, 6) is 0. The number of hydrogen-bond donors (Lipinski definition) is 1. The van der Waals surface area contributed by atoms with Crippen LogP contribution in [0, 0.1) is 0 Å². The standard InChI is InChI=1S/C12H23N3OS/c1-6-9(13-8-3)10-14-15-11(17-10)12(4,7-2)16-5/h9,13H,6-8H2,1-5H3. The van der Waals surface area contributed by atoms with Crippen LogP contribution in [0.15, 0.2) is 0 Å². The fourth-order valence-corrected chi connectivity index (χ4v) is 2.82. The number of aromatic nitrogens is 2. The number of rotatable bonds is 7. The second kappa shape index (κ2) is 6.42. The van der Waals surface area contributed by atoms with Crippen molar-refractivity contribution in [3.05, 3.63) is 10.0 Å². The van der Waals surface area contributed by atoms with Crippen LogP contribution in [0.4, 0.5) is 0 Å². The molecule has 0 saturated heterocycles. The molecule has 2 unspecified atom stereocenters. The van der Waals surface area contributed by atoms with E-state index < -0.39 is 0 Å². The fraction of sp³-hybridized carbons (Fsp3) is 0.833. The Kier molecular flexibility index (Phi) is 5.49. The summed E-state index contributed by atoms with van der Waals surface area (Å²) >= 11 is 1.65. The van der Waals surface area contributed by atoms with Gasteiger partial charge in [-0.05, 0) is 26.3 Å². The Hall–Kier alpha value is -0.520. The molecule has 0 radical (unpaired) electrons. The van der Waals surface area contributed by atoms with E-state index in [1.165, 1.54) is 0 Å². The summed E-state index contributed by atoms with van der Waals surface area (Å²) < 4.78 is 5.55. The van der Waals surface area contributed by atoms with Gasteiger partial charge in [-0.2, -0.15) is 0 Å². The van der Waals surface area contributed by atoms with E-state index in [9.17, 15) is 0 Å². The molecule has 1 heterocycles. The van der Waals surface area contributed by atoms with Gasteiger partial charge in [0.15, 0.2) is 0 Å². The third-order valence-corrected chi connectivity index (χ3v) is 4.46. The first-order chi connectivity index (χ1) is 8.11. The van der Waals surface area contributed by atoms with Crippen molar-refractivity contribution in [2.45, 2.75) is 52.2 Å². The Morgan fingerprint density at radius 2 is 2.06 bits per heavy atom. The van der Waals surface area contributed by atoms with Crippen molar-refractivity contribution >= 4 is 11.3 Å². The van der Waals surface area contributed by atoms with Gasteiger partial charge in [-0.15, -0.1) is 10.2 Å². The molecule has 17 heavy (non-hydrogen) atoms. The van der Waals surface area contributed by atoms with E-state index in [1.807, 2.05) is 0 Å². The molecule has 1 aromatic rings. The Labute approximate surface area is 108 Å². The van der Waals surface area contributed by atoms with Crippen molar-refractivity contribution in [1.82, 2.24) is 15.5 Å². The maximum Gasteiger partial charge on any atom is 0.149 e. The molecule has 2 atom stereocenters. The monoisotopic (exact) mass is 257 g/mol. The van der Waals surface area contributed by atoms with E-state index in [4.69, 9.17) is 4.74 Å². The molecule has 0 bridgehead atoms. The third-order valence-electron chi connectivity index (χ3n) is 3.18. The minimum atomic E-state index is -0.305. The van der Waals surface area contributed by atoms with Crippen LogP contribution < -0.4 is 5.32 Å². The number of nitrogens with one attached hydrogen (secondary N) is 1. The summed E-state index contributed by atoms with van der Waals surface area (Å²) in [6.45, 7) is 9.38. The molecule has 0 aliphatic rings. The van der Waals surface area contributed by atoms with E-state index >= 15 is 0 Å². The highest BCUT2D eigenvalue weighted by molar-refractivity contribution is 7.11. The lowest BCUT2D eigenvalue weighted by atomic mass is 10.1. The molecule has 0 aromatic carbocycles. The minimum Gasteiger partial charge on any atom is -0.371 e. The summed E-state index contributed by atoms with van der Waals surface area (Å²) in [7, 11) is 1.73. The van der Waals surface area contributed by atoms with Gasteiger partial charge in [0.1, 0.15) is 15.6 Å². The second-order valence-corrected chi connectivity index (χ2v) is 5.26. The quantitative estimate of drug-likeness (QED) is 0.816. The van der Waals surface area contributed by atoms with Gasteiger partial charge in [0.05, 0.1) is 6.04 Å². The zero-order valence-corrected chi connectivity index (χ0v) is 12.2. The lowest BCUT2D eigenvalue weighted by Gasteiger charge is -2.23. The summed E-state index contributed by atoms with van der Waals surface area (Å²) in [5.41, 5.74) is -0.305. The van der Waals surface area contributed by atoms with E-state index in [0.29, 0.717) is 6.04 Å². The van der Waals surface area contributed by atoms with Gasteiger partial charge in [0, 0.05) is 7.11 Å². The maximum atomic E-state index is 5.55. The average Bonchev–Trinajstić information content (AvgIpc) is 2.84. The van der Waals surface area contributed by atoms with Gasteiger partial charge in [-0.3, -0.25) is 0 Å². The largest absolute Gasteiger partial charge is 0.371 e. The fourth-order valence-electron chi connectivity index (χ4n) is 1.62. The first-order valence-electron chi connectivity index (χ1n) is 6.23. The normalized spacial score (nSPS) is 16.8. The summed E-state index contributed by atoms with van der Waals surface area (Å²) in [6.07, 6.45) is 1.93. The highest BCUT2D eigenvalue weighted by Crippen LogP contribution is 2.32. The summed E-state index contributed by atoms with van der Waals surface area (Å²) in [4.78, 5) is 0. The lowest BCUT2D eigenvalue weighted by Crippen LogP contribution is -2.22. The highest BCUT2D eigenvalue weighted by Gasteiger charge is 2.29. The van der Waals surface area contributed by atoms with Crippen LogP contribution in [-0.2, 0) is 10.3 Å². The molecule has 0 aliphatic carbocycles. The first kappa shape index (κ1) is 14.5. The van der Waals surface area contributed by atoms with Crippen molar-refractivity contribution in [3.63, 3.8) is 0 Å². The van der Waals surface area contributed by atoms with Crippen molar-refractivity contribution in [3.8, 4) is 0 Å². The highest BCUT2D eigenvalue weighted by atomic mass is 32.1. The second-order valence-electron chi connectivity index (χ2n) is 4.25. The molecule has 1 aromatic heterocycles.